The van der Waals surface area contributed by atoms with Crippen molar-refractivity contribution in [2.45, 2.75) is 19.2 Å². The molecule has 0 spiro atoms. The molecule has 4 nitrogen and oxygen atoms in total. The van der Waals surface area contributed by atoms with Gasteiger partial charge in [-0.2, -0.15) is 11.8 Å². The number of aromatic nitrogens is 3. The molecule has 3 aromatic rings. The number of hydrogen-bond acceptors (Lipinski definition) is 3. The van der Waals surface area contributed by atoms with E-state index in [-0.39, 0.29) is 5.69 Å². The average molecular weight is 299 g/mol. The van der Waals surface area contributed by atoms with Gasteiger partial charge in [0.25, 0.3) is 0 Å². The molecule has 0 atom stereocenters. The fourth-order valence-electron chi connectivity index (χ4n) is 2.14. The number of benzene rings is 1. The van der Waals surface area contributed by atoms with Gasteiger partial charge in [0.2, 0.25) is 0 Å². The molecule has 5 heteroatoms. The molecule has 0 unspecified atom stereocenters. The number of hydrogen-bond donors (Lipinski definition) is 0. The van der Waals surface area contributed by atoms with Crippen LogP contribution in [0.4, 0.5) is 0 Å². The topological polar surface area (TPSA) is 39.3 Å². The van der Waals surface area contributed by atoms with E-state index in [4.69, 9.17) is 0 Å². The molecule has 0 saturated carbocycles. The second-order valence-corrected chi connectivity index (χ2v) is 6.08. The van der Waals surface area contributed by atoms with Crippen LogP contribution in [0.15, 0.2) is 53.5 Å². The molecule has 0 radical (unpaired) electrons. The molecule has 0 aliphatic rings. The Kier molecular flexibility index (Phi) is 4.10. The SMILES string of the molecule is Cc1ccc(CSCCn2nc3ccccn3c2=O)cc1. The third kappa shape index (κ3) is 3.19. The van der Waals surface area contributed by atoms with Crippen molar-refractivity contribution in [1.82, 2.24) is 14.2 Å². The predicted octanol–water partition coefficient (Wildman–Crippen LogP) is 2.74. The number of rotatable bonds is 5. The van der Waals surface area contributed by atoms with Gasteiger partial charge in [0.1, 0.15) is 0 Å². The van der Waals surface area contributed by atoms with Crippen LogP contribution in [-0.4, -0.2) is 19.9 Å². The Hall–Kier alpha value is -2.01. The van der Waals surface area contributed by atoms with Crippen molar-refractivity contribution < 1.29 is 0 Å². The van der Waals surface area contributed by atoms with Gasteiger partial charge in [-0.15, -0.1) is 5.10 Å². The van der Waals surface area contributed by atoms with E-state index in [1.165, 1.54) is 15.8 Å². The molecule has 0 bridgehead atoms. The van der Waals surface area contributed by atoms with Crippen molar-refractivity contribution >= 4 is 17.4 Å². The quantitative estimate of drug-likeness (QED) is 0.680. The Balaban J connectivity index is 1.58. The summed E-state index contributed by atoms with van der Waals surface area (Å²) in [5, 5.41) is 4.32. The molecule has 2 heterocycles. The van der Waals surface area contributed by atoms with Gasteiger partial charge in [-0.3, -0.25) is 4.40 Å². The zero-order valence-electron chi connectivity index (χ0n) is 11.9. The second kappa shape index (κ2) is 6.18. The smallest absolute Gasteiger partial charge is 0.250 e. The minimum Gasteiger partial charge on any atom is -0.250 e. The summed E-state index contributed by atoms with van der Waals surface area (Å²) < 4.78 is 3.11. The van der Waals surface area contributed by atoms with Crippen LogP contribution in [0.25, 0.3) is 5.65 Å². The standard InChI is InChI=1S/C16H17N3OS/c1-13-5-7-14(8-6-13)12-21-11-10-19-16(20)18-9-3-2-4-15(18)17-19/h2-9H,10-12H2,1H3. The summed E-state index contributed by atoms with van der Waals surface area (Å²) in [5.41, 5.74) is 3.22. The summed E-state index contributed by atoms with van der Waals surface area (Å²) in [6.07, 6.45) is 1.75. The predicted molar refractivity (Wildman–Crippen MR) is 86.8 cm³/mol. The summed E-state index contributed by atoms with van der Waals surface area (Å²) in [6.45, 7) is 2.73. The van der Waals surface area contributed by atoms with Crippen LogP contribution < -0.4 is 5.69 Å². The lowest BCUT2D eigenvalue weighted by molar-refractivity contribution is 0.639. The van der Waals surface area contributed by atoms with Crippen molar-refractivity contribution in [3.8, 4) is 0 Å². The minimum absolute atomic E-state index is 0.0680. The maximum Gasteiger partial charge on any atom is 0.350 e. The van der Waals surface area contributed by atoms with Crippen molar-refractivity contribution in [1.29, 1.82) is 0 Å². The molecule has 2 aromatic heterocycles. The number of thioether (sulfide) groups is 1. The first kappa shape index (κ1) is 13.9. The third-order valence-corrected chi connectivity index (χ3v) is 4.33. The average Bonchev–Trinajstić information content (AvgIpc) is 2.82. The lowest BCUT2D eigenvalue weighted by atomic mass is 10.2. The maximum atomic E-state index is 12.1. The Morgan fingerprint density at radius 2 is 1.95 bits per heavy atom. The molecular formula is C16H17N3OS. The summed E-state index contributed by atoms with van der Waals surface area (Å²) in [6, 6.07) is 14.1. The highest BCUT2D eigenvalue weighted by Gasteiger charge is 2.05. The fourth-order valence-corrected chi connectivity index (χ4v) is 3.01. The molecule has 0 fully saturated rings. The lowest BCUT2D eigenvalue weighted by Crippen LogP contribution is -2.22. The number of fused-ring (bicyclic) bond motifs is 1. The number of pyridine rings is 1. The number of nitrogens with zero attached hydrogens (tertiary/aromatic N) is 3. The highest BCUT2D eigenvalue weighted by molar-refractivity contribution is 7.98. The van der Waals surface area contributed by atoms with Crippen molar-refractivity contribution in [3.05, 3.63) is 70.3 Å². The molecule has 0 amide bonds. The van der Waals surface area contributed by atoms with E-state index in [0.717, 1.165) is 11.5 Å². The molecule has 21 heavy (non-hydrogen) atoms. The van der Waals surface area contributed by atoms with Gasteiger partial charge in [0, 0.05) is 17.7 Å². The minimum atomic E-state index is -0.0680. The van der Waals surface area contributed by atoms with Crippen molar-refractivity contribution in [2.24, 2.45) is 0 Å². The first-order valence-electron chi connectivity index (χ1n) is 6.91. The molecule has 0 aliphatic carbocycles. The molecule has 0 aliphatic heterocycles. The van der Waals surface area contributed by atoms with E-state index >= 15 is 0 Å². The van der Waals surface area contributed by atoms with E-state index in [1.54, 1.807) is 10.6 Å². The lowest BCUT2D eigenvalue weighted by Gasteiger charge is -2.02. The van der Waals surface area contributed by atoms with Crippen LogP contribution in [0.1, 0.15) is 11.1 Å². The molecule has 108 valence electrons. The highest BCUT2D eigenvalue weighted by Crippen LogP contribution is 2.13. The second-order valence-electron chi connectivity index (χ2n) is 4.97. The van der Waals surface area contributed by atoms with Gasteiger partial charge < -0.3 is 0 Å². The van der Waals surface area contributed by atoms with E-state index in [2.05, 4.69) is 36.3 Å². The van der Waals surface area contributed by atoms with Crippen LogP contribution in [0, 0.1) is 6.92 Å². The summed E-state index contributed by atoms with van der Waals surface area (Å²) >= 11 is 1.82. The zero-order chi connectivity index (χ0) is 14.7. The van der Waals surface area contributed by atoms with Crippen LogP contribution in [0.3, 0.4) is 0 Å². The Labute approximate surface area is 127 Å². The maximum absolute atomic E-state index is 12.1. The molecule has 1 aromatic carbocycles. The summed E-state index contributed by atoms with van der Waals surface area (Å²) in [4.78, 5) is 12.1. The molecular weight excluding hydrogens is 282 g/mol. The van der Waals surface area contributed by atoms with E-state index in [9.17, 15) is 4.79 Å². The van der Waals surface area contributed by atoms with E-state index in [0.29, 0.717) is 12.2 Å². The van der Waals surface area contributed by atoms with Gasteiger partial charge in [-0.25, -0.2) is 9.48 Å². The van der Waals surface area contributed by atoms with Crippen LogP contribution in [0.5, 0.6) is 0 Å². The van der Waals surface area contributed by atoms with Gasteiger partial charge in [0.05, 0.1) is 6.54 Å². The first-order chi connectivity index (χ1) is 10.2. The molecule has 0 N–H and O–H groups in total. The van der Waals surface area contributed by atoms with E-state index < -0.39 is 0 Å². The van der Waals surface area contributed by atoms with Gasteiger partial charge >= 0.3 is 5.69 Å². The first-order valence-corrected chi connectivity index (χ1v) is 8.07. The molecule has 3 rings (SSSR count). The van der Waals surface area contributed by atoms with Crippen molar-refractivity contribution in [2.75, 3.05) is 5.75 Å². The summed E-state index contributed by atoms with van der Waals surface area (Å²) in [7, 11) is 0. The van der Waals surface area contributed by atoms with Crippen LogP contribution >= 0.6 is 11.8 Å². The van der Waals surface area contributed by atoms with Crippen LogP contribution in [-0.2, 0) is 12.3 Å². The Morgan fingerprint density at radius 1 is 1.14 bits per heavy atom. The van der Waals surface area contributed by atoms with Crippen LogP contribution in [0.2, 0.25) is 0 Å². The Bertz CT molecular complexity index is 789. The fraction of sp³-hybridized carbons (Fsp3) is 0.250. The number of aryl methyl sites for hydroxylation is 2. The monoisotopic (exact) mass is 299 g/mol. The normalized spacial score (nSPS) is 11.1. The zero-order valence-corrected chi connectivity index (χ0v) is 12.7. The van der Waals surface area contributed by atoms with Gasteiger partial charge in [-0.05, 0) is 24.6 Å². The Morgan fingerprint density at radius 3 is 2.71 bits per heavy atom. The third-order valence-electron chi connectivity index (χ3n) is 3.33. The van der Waals surface area contributed by atoms with Gasteiger partial charge in [0.15, 0.2) is 5.65 Å². The van der Waals surface area contributed by atoms with E-state index in [1.807, 2.05) is 30.0 Å². The van der Waals surface area contributed by atoms with Gasteiger partial charge in [-0.1, -0.05) is 35.9 Å². The largest absolute Gasteiger partial charge is 0.350 e. The van der Waals surface area contributed by atoms with Crippen molar-refractivity contribution in [3.63, 3.8) is 0 Å². The highest BCUT2D eigenvalue weighted by atomic mass is 32.2. The summed E-state index contributed by atoms with van der Waals surface area (Å²) in [5.74, 6) is 1.83. The molecule has 0 saturated heterocycles.